The van der Waals surface area contributed by atoms with E-state index in [0.717, 1.165) is 11.6 Å². The number of aldehydes is 1. The van der Waals surface area contributed by atoms with Crippen LogP contribution in [0.3, 0.4) is 0 Å². The van der Waals surface area contributed by atoms with Gasteiger partial charge in [-0.25, -0.2) is 0 Å². The van der Waals surface area contributed by atoms with Crippen molar-refractivity contribution in [3.63, 3.8) is 0 Å². The number of halogens is 4. The zero-order valence-electron chi connectivity index (χ0n) is 10.7. The Balaban J connectivity index is 2.43. The second-order valence-electron chi connectivity index (χ2n) is 4.32. The molecule has 0 atom stereocenters. The summed E-state index contributed by atoms with van der Waals surface area (Å²) in [6.45, 7) is 0. The van der Waals surface area contributed by atoms with Gasteiger partial charge < -0.3 is 0 Å². The molecule has 0 radical (unpaired) electrons. The van der Waals surface area contributed by atoms with Gasteiger partial charge in [0.2, 0.25) is 0 Å². The van der Waals surface area contributed by atoms with Crippen molar-refractivity contribution in [3.8, 4) is 0 Å². The highest BCUT2D eigenvalue weighted by Crippen LogP contribution is 2.36. The maximum absolute atomic E-state index is 12.8. The predicted octanol–water partition coefficient (Wildman–Crippen LogP) is 5.45. The molecule has 0 saturated heterocycles. The lowest BCUT2D eigenvalue weighted by molar-refractivity contribution is -0.138. The van der Waals surface area contributed by atoms with Crippen LogP contribution in [0.5, 0.6) is 0 Å². The summed E-state index contributed by atoms with van der Waals surface area (Å²) in [6.07, 6.45) is -0.726. The van der Waals surface area contributed by atoms with E-state index in [0.29, 0.717) is 11.8 Å². The highest BCUT2D eigenvalue weighted by atomic mass is 79.9. The molecule has 0 bridgehead atoms. The van der Waals surface area contributed by atoms with Crippen LogP contribution in [0.15, 0.2) is 46.9 Å². The molecule has 0 spiro atoms. The number of carbonyl (C=O) groups excluding carboxylic acids is 1. The molecule has 0 saturated carbocycles. The molecule has 0 heterocycles. The van der Waals surface area contributed by atoms with Gasteiger partial charge in [0, 0.05) is 10.0 Å². The molecule has 5 heteroatoms. The van der Waals surface area contributed by atoms with E-state index in [4.69, 9.17) is 0 Å². The lowest BCUT2D eigenvalue weighted by Gasteiger charge is -2.11. The van der Waals surface area contributed by atoms with Crippen molar-refractivity contribution >= 4 is 34.4 Å². The van der Waals surface area contributed by atoms with E-state index in [1.54, 1.807) is 12.2 Å². The van der Waals surface area contributed by atoms with Crippen LogP contribution in [0, 0.1) is 0 Å². The number of hydrogen-bond donors (Lipinski definition) is 0. The molecule has 21 heavy (non-hydrogen) atoms. The molecule has 2 aromatic carbocycles. The largest absolute Gasteiger partial charge is 0.417 e. The molecule has 0 aromatic heterocycles. The Bertz CT molecular complexity index is 676. The molecule has 0 aliphatic heterocycles. The van der Waals surface area contributed by atoms with E-state index in [1.165, 1.54) is 6.07 Å². The SMILES string of the molecule is O=Cc1cc(C(F)(F)F)c(Br)cc1C=Cc1ccccc1. The summed E-state index contributed by atoms with van der Waals surface area (Å²) in [5.74, 6) is 0. The van der Waals surface area contributed by atoms with E-state index in [9.17, 15) is 18.0 Å². The smallest absolute Gasteiger partial charge is 0.298 e. The minimum atomic E-state index is -4.50. The number of carbonyl (C=O) groups is 1. The summed E-state index contributed by atoms with van der Waals surface area (Å²) < 4.78 is 38.3. The molecule has 0 unspecified atom stereocenters. The van der Waals surface area contributed by atoms with Crippen molar-refractivity contribution in [1.29, 1.82) is 0 Å². The maximum atomic E-state index is 12.8. The normalized spacial score (nSPS) is 11.8. The van der Waals surface area contributed by atoms with Gasteiger partial charge in [-0.1, -0.05) is 58.4 Å². The zero-order valence-corrected chi connectivity index (χ0v) is 12.3. The number of rotatable bonds is 3. The molecule has 1 nitrogen and oxygen atoms in total. The summed E-state index contributed by atoms with van der Waals surface area (Å²) in [4.78, 5) is 11.0. The lowest BCUT2D eigenvalue weighted by atomic mass is 10.0. The highest BCUT2D eigenvalue weighted by Gasteiger charge is 2.33. The van der Waals surface area contributed by atoms with E-state index >= 15 is 0 Å². The van der Waals surface area contributed by atoms with Crippen LogP contribution in [0.25, 0.3) is 12.2 Å². The second kappa shape index (κ2) is 6.26. The lowest BCUT2D eigenvalue weighted by Crippen LogP contribution is -2.07. The van der Waals surface area contributed by atoms with Crippen LogP contribution in [-0.4, -0.2) is 6.29 Å². The summed E-state index contributed by atoms with van der Waals surface area (Å²) in [5, 5.41) is 0. The first kappa shape index (κ1) is 15.5. The van der Waals surface area contributed by atoms with Gasteiger partial charge >= 0.3 is 6.18 Å². The average molecular weight is 355 g/mol. The molecule has 0 aliphatic carbocycles. The van der Waals surface area contributed by atoms with Crippen molar-refractivity contribution < 1.29 is 18.0 Å². The fourth-order valence-corrected chi connectivity index (χ4v) is 2.41. The number of alkyl halides is 3. The molecule has 0 amide bonds. The minimum Gasteiger partial charge on any atom is -0.298 e. The maximum Gasteiger partial charge on any atom is 0.417 e. The first-order valence-corrected chi connectivity index (χ1v) is 6.80. The van der Waals surface area contributed by atoms with Gasteiger partial charge in [0.25, 0.3) is 0 Å². The first-order valence-electron chi connectivity index (χ1n) is 6.01. The van der Waals surface area contributed by atoms with Crippen molar-refractivity contribution in [1.82, 2.24) is 0 Å². The van der Waals surface area contributed by atoms with Gasteiger partial charge in [-0.2, -0.15) is 13.2 Å². The molecular weight excluding hydrogens is 345 g/mol. The minimum absolute atomic E-state index is 0.00212. The molecule has 0 fully saturated rings. The van der Waals surface area contributed by atoms with Gasteiger partial charge in [0.15, 0.2) is 6.29 Å². The van der Waals surface area contributed by atoms with Crippen LogP contribution < -0.4 is 0 Å². The van der Waals surface area contributed by atoms with Crippen LogP contribution in [0.2, 0.25) is 0 Å². The van der Waals surface area contributed by atoms with Crippen LogP contribution >= 0.6 is 15.9 Å². The van der Waals surface area contributed by atoms with Crippen molar-refractivity contribution in [2.75, 3.05) is 0 Å². The third-order valence-corrected chi connectivity index (χ3v) is 3.52. The fourth-order valence-electron chi connectivity index (χ4n) is 1.82. The zero-order chi connectivity index (χ0) is 15.5. The summed E-state index contributed by atoms with van der Waals surface area (Å²) in [6, 6.07) is 11.4. The predicted molar refractivity (Wildman–Crippen MR) is 79.9 cm³/mol. The Morgan fingerprint density at radius 3 is 2.19 bits per heavy atom. The first-order chi connectivity index (χ1) is 9.91. The van der Waals surface area contributed by atoms with Crippen molar-refractivity contribution in [2.24, 2.45) is 0 Å². The highest BCUT2D eigenvalue weighted by molar-refractivity contribution is 9.10. The van der Waals surface area contributed by atoms with E-state index in [1.807, 2.05) is 30.3 Å². The van der Waals surface area contributed by atoms with E-state index < -0.39 is 11.7 Å². The third-order valence-electron chi connectivity index (χ3n) is 2.86. The van der Waals surface area contributed by atoms with Crippen molar-refractivity contribution in [3.05, 3.63) is 69.2 Å². The molecule has 108 valence electrons. The van der Waals surface area contributed by atoms with Gasteiger partial charge in [-0.05, 0) is 23.3 Å². The third kappa shape index (κ3) is 3.82. The number of benzene rings is 2. The van der Waals surface area contributed by atoms with Gasteiger partial charge in [-0.3, -0.25) is 4.79 Å². The molecular formula is C16H10BrF3O. The summed E-state index contributed by atoms with van der Waals surface area (Å²) in [5.41, 5.74) is 0.457. The topological polar surface area (TPSA) is 17.1 Å². The van der Waals surface area contributed by atoms with E-state index in [-0.39, 0.29) is 10.0 Å². The Kier molecular flexibility index (Phi) is 4.63. The van der Waals surface area contributed by atoms with Gasteiger partial charge in [0.05, 0.1) is 5.56 Å². The van der Waals surface area contributed by atoms with Crippen LogP contribution in [0.1, 0.15) is 27.0 Å². The quantitative estimate of drug-likeness (QED) is 0.529. The van der Waals surface area contributed by atoms with Crippen LogP contribution in [0.4, 0.5) is 13.2 Å². The van der Waals surface area contributed by atoms with Crippen molar-refractivity contribution in [2.45, 2.75) is 6.18 Å². The van der Waals surface area contributed by atoms with Crippen LogP contribution in [-0.2, 0) is 6.18 Å². The fraction of sp³-hybridized carbons (Fsp3) is 0.0625. The Labute approximate surface area is 128 Å². The Morgan fingerprint density at radius 2 is 1.62 bits per heavy atom. The second-order valence-corrected chi connectivity index (χ2v) is 5.17. The molecule has 0 N–H and O–H groups in total. The number of hydrogen-bond acceptors (Lipinski definition) is 1. The standard InChI is InChI=1S/C16H10BrF3O/c17-15-9-12(7-6-11-4-2-1-3-5-11)13(10-21)8-14(15)16(18,19)20/h1-10H. The molecule has 2 aromatic rings. The molecule has 0 aliphatic rings. The Morgan fingerprint density at radius 1 is 0.952 bits per heavy atom. The monoisotopic (exact) mass is 354 g/mol. The van der Waals surface area contributed by atoms with E-state index in [2.05, 4.69) is 15.9 Å². The molecule has 2 rings (SSSR count). The van der Waals surface area contributed by atoms with Gasteiger partial charge in [0.1, 0.15) is 0 Å². The Hall–Kier alpha value is -1.88. The summed E-state index contributed by atoms with van der Waals surface area (Å²) >= 11 is 2.90. The van der Waals surface area contributed by atoms with Gasteiger partial charge in [-0.15, -0.1) is 0 Å². The average Bonchev–Trinajstić information content (AvgIpc) is 2.45. The summed E-state index contributed by atoms with van der Waals surface area (Å²) in [7, 11) is 0.